The van der Waals surface area contributed by atoms with Crippen molar-refractivity contribution in [1.29, 1.82) is 0 Å². The molecule has 0 amide bonds. The standard InChI is InChI=1S/C25H23N5O4/c1-17-13-19(6-7-20(17)26-2)34-22-8-5-18(14-21(22)27-3)16-33-23-15-24(29(4)25(31)28-23)30-9-11-32-12-10-30/h5-8,13-15H,9-12,16H2,1,4H3. The van der Waals surface area contributed by atoms with Gasteiger partial charge in [-0.3, -0.25) is 4.57 Å². The fourth-order valence-corrected chi connectivity index (χ4v) is 3.60. The number of rotatable bonds is 6. The van der Waals surface area contributed by atoms with Crippen LogP contribution < -0.4 is 20.1 Å². The third kappa shape index (κ3) is 5.01. The normalized spacial score (nSPS) is 13.1. The van der Waals surface area contributed by atoms with Crippen molar-refractivity contribution >= 4 is 17.2 Å². The van der Waals surface area contributed by atoms with Crippen molar-refractivity contribution in [3.05, 3.63) is 86.9 Å². The zero-order valence-electron chi connectivity index (χ0n) is 18.9. The molecule has 34 heavy (non-hydrogen) atoms. The first-order valence-electron chi connectivity index (χ1n) is 10.7. The highest BCUT2D eigenvalue weighted by Crippen LogP contribution is 2.34. The van der Waals surface area contributed by atoms with E-state index in [4.69, 9.17) is 27.4 Å². The summed E-state index contributed by atoms with van der Waals surface area (Å²) in [6.07, 6.45) is 0. The topological polar surface area (TPSA) is 74.5 Å². The maximum atomic E-state index is 12.3. The van der Waals surface area contributed by atoms with Gasteiger partial charge >= 0.3 is 5.69 Å². The highest BCUT2D eigenvalue weighted by Gasteiger charge is 2.17. The Morgan fingerprint density at radius 1 is 1.06 bits per heavy atom. The van der Waals surface area contributed by atoms with Crippen molar-refractivity contribution in [3.8, 4) is 17.4 Å². The van der Waals surface area contributed by atoms with Crippen LogP contribution >= 0.6 is 0 Å². The molecular weight excluding hydrogens is 434 g/mol. The van der Waals surface area contributed by atoms with Crippen molar-refractivity contribution in [2.75, 3.05) is 31.2 Å². The van der Waals surface area contributed by atoms with Crippen molar-refractivity contribution in [2.45, 2.75) is 13.5 Å². The molecule has 4 rings (SSSR count). The molecule has 0 radical (unpaired) electrons. The van der Waals surface area contributed by atoms with Gasteiger partial charge in [0.25, 0.3) is 0 Å². The van der Waals surface area contributed by atoms with Gasteiger partial charge in [-0.2, -0.15) is 4.98 Å². The van der Waals surface area contributed by atoms with E-state index >= 15 is 0 Å². The smallest absolute Gasteiger partial charge is 0.352 e. The Labute approximate surface area is 197 Å². The molecular formula is C25H23N5O4. The summed E-state index contributed by atoms with van der Waals surface area (Å²) in [5.74, 6) is 1.92. The van der Waals surface area contributed by atoms with Crippen LogP contribution in [0, 0.1) is 20.1 Å². The minimum atomic E-state index is -0.399. The minimum Gasteiger partial charge on any atom is -0.473 e. The van der Waals surface area contributed by atoms with Gasteiger partial charge in [0.2, 0.25) is 11.6 Å². The van der Waals surface area contributed by atoms with Gasteiger partial charge in [0.05, 0.1) is 26.4 Å². The Morgan fingerprint density at radius 2 is 1.82 bits per heavy atom. The summed E-state index contributed by atoms with van der Waals surface area (Å²) >= 11 is 0. The number of aryl methyl sites for hydroxylation is 1. The predicted molar refractivity (Wildman–Crippen MR) is 127 cm³/mol. The highest BCUT2D eigenvalue weighted by molar-refractivity contribution is 5.61. The molecule has 0 saturated carbocycles. The number of aromatic nitrogens is 2. The van der Waals surface area contributed by atoms with E-state index < -0.39 is 5.69 Å². The fraction of sp³-hybridized carbons (Fsp3) is 0.280. The lowest BCUT2D eigenvalue weighted by molar-refractivity contribution is 0.122. The number of anilines is 1. The molecule has 0 N–H and O–H groups in total. The highest BCUT2D eigenvalue weighted by atomic mass is 16.5. The van der Waals surface area contributed by atoms with Gasteiger partial charge in [-0.1, -0.05) is 12.1 Å². The summed E-state index contributed by atoms with van der Waals surface area (Å²) in [6.45, 7) is 19.2. The molecule has 1 saturated heterocycles. The number of hydrogen-bond acceptors (Lipinski definition) is 6. The molecule has 3 aromatic rings. The largest absolute Gasteiger partial charge is 0.473 e. The van der Waals surface area contributed by atoms with Crippen LogP contribution in [0.5, 0.6) is 17.4 Å². The van der Waals surface area contributed by atoms with Crippen molar-refractivity contribution in [1.82, 2.24) is 9.55 Å². The van der Waals surface area contributed by atoms with E-state index in [1.54, 1.807) is 49.5 Å². The van der Waals surface area contributed by atoms with Crippen molar-refractivity contribution in [2.24, 2.45) is 7.05 Å². The van der Waals surface area contributed by atoms with Crippen LogP contribution in [0.3, 0.4) is 0 Å². The van der Waals surface area contributed by atoms with E-state index in [1.165, 1.54) is 4.57 Å². The summed E-state index contributed by atoms with van der Waals surface area (Å²) in [5, 5.41) is 0. The van der Waals surface area contributed by atoms with Crippen molar-refractivity contribution in [3.63, 3.8) is 0 Å². The van der Waals surface area contributed by atoms with E-state index in [9.17, 15) is 4.79 Å². The molecule has 0 unspecified atom stereocenters. The maximum absolute atomic E-state index is 12.3. The van der Waals surface area contributed by atoms with E-state index in [-0.39, 0.29) is 12.5 Å². The first kappa shape index (κ1) is 22.8. The number of hydrogen-bond donors (Lipinski definition) is 0. The number of nitrogens with zero attached hydrogens (tertiary/aromatic N) is 5. The third-order valence-electron chi connectivity index (χ3n) is 5.47. The Balaban J connectivity index is 1.49. The van der Waals surface area contributed by atoms with Gasteiger partial charge in [-0.25, -0.2) is 14.5 Å². The van der Waals surface area contributed by atoms with Crippen LogP contribution in [-0.4, -0.2) is 35.9 Å². The average Bonchev–Trinajstić information content (AvgIpc) is 2.86. The third-order valence-corrected chi connectivity index (χ3v) is 5.47. The van der Waals surface area contributed by atoms with Crippen LogP contribution in [0.2, 0.25) is 0 Å². The summed E-state index contributed by atoms with van der Waals surface area (Å²) < 4.78 is 18.6. The molecule has 1 aliphatic rings. The molecule has 9 heteroatoms. The lowest BCUT2D eigenvalue weighted by Gasteiger charge is -2.29. The predicted octanol–water partition coefficient (Wildman–Crippen LogP) is 4.40. The van der Waals surface area contributed by atoms with Crippen LogP contribution in [0.15, 0.2) is 47.3 Å². The monoisotopic (exact) mass is 457 g/mol. The second kappa shape index (κ2) is 10.1. The summed E-state index contributed by atoms with van der Waals surface area (Å²) in [7, 11) is 1.68. The van der Waals surface area contributed by atoms with E-state index in [2.05, 4.69) is 19.6 Å². The quantitative estimate of drug-likeness (QED) is 0.511. The zero-order chi connectivity index (χ0) is 24.1. The van der Waals surface area contributed by atoms with E-state index in [1.807, 2.05) is 6.92 Å². The Hall–Kier alpha value is -4.34. The van der Waals surface area contributed by atoms with Crippen LogP contribution in [-0.2, 0) is 18.4 Å². The van der Waals surface area contributed by atoms with Gasteiger partial charge in [0.15, 0.2) is 5.69 Å². The molecule has 2 heterocycles. The van der Waals surface area contributed by atoms with Crippen LogP contribution in [0.1, 0.15) is 11.1 Å². The lowest BCUT2D eigenvalue weighted by Crippen LogP contribution is -2.39. The van der Waals surface area contributed by atoms with E-state index in [0.29, 0.717) is 49.2 Å². The second-order valence-electron chi connectivity index (χ2n) is 7.76. The number of ether oxygens (including phenoxy) is 3. The number of morpholine rings is 1. The molecule has 172 valence electrons. The summed E-state index contributed by atoms with van der Waals surface area (Å²) in [6, 6.07) is 12.1. The molecule has 0 spiro atoms. The van der Waals surface area contributed by atoms with Gasteiger partial charge in [0, 0.05) is 26.2 Å². The Kier molecular flexibility index (Phi) is 6.77. The van der Waals surface area contributed by atoms with E-state index in [0.717, 1.165) is 16.9 Å². The maximum Gasteiger partial charge on any atom is 0.352 e. The second-order valence-corrected chi connectivity index (χ2v) is 7.76. The van der Waals surface area contributed by atoms with Gasteiger partial charge in [-0.05, 0) is 42.3 Å². The molecule has 0 aliphatic carbocycles. The zero-order valence-corrected chi connectivity index (χ0v) is 18.9. The first-order valence-corrected chi connectivity index (χ1v) is 10.7. The first-order chi connectivity index (χ1) is 16.5. The molecule has 2 aromatic carbocycles. The molecule has 0 bridgehead atoms. The van der Waals surface area contributed by atoms with Gasteiger partial charge in [-0.15, -0.1) is 0 Å². The molecule has 1 fully saturated rings. The minimum absolute atomic E-state index is 0.143. The van der Waals surface area contributed by atoms with Gasteiger partial charge in [0.1, 0.15) is 23.9 Å². The Bertz CT molecular complexity index is 1350. The number of benzene rings is 2. The fourth-order valence-electron chi connectivity index (χ4n) is 3.60. The van der Waals surface area contributed by atoms with Gasteiger partial charge < -0.3 is 19.1 Å². The lowest BCUT2D eigenvalue weighted by atomic mass is 10.2. The van der Waals surface area contributed by atoms with Crippen molar-refractivity contribution < 1.29 is 14.2 Å². The summed E-state index contributed by atoms with van der Waals surface area (Å²) in [4.78, 5) is 25.4. The Morgan fingerprint density at radius 3 is 2.53 bits per heavy atom. The SMILES string of the molecule is [C-]#[N+]c1ccc(Oc2ccc(COc3cc(N4CCOCC4)n(C)c(=O)n3)cc2[N+]#[C-])cc1C. The summed E-state index contributed by atoms with van der Waals surface area (Å²) in [5.41, 5.74) is 2.04. The average molecular weight is 457 g/mol. The molecule has 1 aromatic heterocycles. The van der Waals surface area contributed by atoms with Crippen LogP contribution in [0.25, 0.3) is 9.69 Å². The van der Waals surface area contributed by atoms with Crippen LogP contribution in [0.4, 0.5) is 17.2 Å². The molecule has 1 aliphatic heterocycles. The molecule has 9 nitrogen and oxygen atoms in total. The molecule has 0 atom stereocenters.